The summed E-state index contributed by atoms with van der Waals surface area (Å²) in [6, 6.07) is 6.29. The number of rotatable bonds is 5. The van der Waals surface area contributed by atoms with E-state index in [4.69, 9.17) is 0 Å². The molecule has 0 unspecified atom stereocenters. The molecule has 0 atom stereocenters. The summed E-state index contributed by atoms with van der Waals surface area (Å²) in [6.07, 6.45) is 0.811. The van der Waals surface area contributed by atoms with Gasteiger partial charge in [0.05, 0.1) is 16.0 Å². The number of hydrogen-bond acceptors (Lipinski definition) is 3. The molecule has 0 spiro atoms. The van der Waals surface area contributed by atoms with Gasteiger partial charge in [-0.05, 0) is 55.3 Å². The van der Waals surface area contributed by atoms with E-state index in [-0.39, 0.29) is 16.6 Å². The zero-order valence-corrected chi connectivity index (χ0v) is 17.3. The number of carbonyl (C=O) groups is 1. The van der Waals surface area contributed by atoms with Crippen molar-refractivity contribution in [2.24, 2.45) is 0 Å². The molecular weight excluding hydrogens is 436 g/mol. The number of benzene rings is 2. The maximum Gasteiger partial charge on any atom is 0.416 e. The summed E-state index contributed by atoms with van der Waals surface area (Å²) in [5.74, 6) is -1.92. The Kier molecular flexibility index (Phi) is 7.00. The molecule has 0 radical (unpaired) electrons. The first-order valence-electron chi connectivity index (χ1n) is 9.87. The topological polar surface area (TPSA) is 75.3 Å². The largest absolute Gasteiger partial charge is 0.416 e. The molecule has 31 heavy (non-hydrogen) atoms. The van der Waals surface area contributed by atoms with Crippen LogP contribution in [-0.2, 0) is 16.2 Å². The number of alkyl halides is 3. The molecule has 0 saturated heterocycles. The van der Waals surface area contributed by atoms with Crippen molar-refractivity contribution in [1.29, 1.82) is 0 Å². The number of sulfonamides is 1. The van der Waals surface area contributed by atoms with E-state index >= 15 is 0 Å². The molecule has 1 aliphatic carbocycles. The standard InChI is InChI=1S/C21H22F4N2O3S/c22-19-12-11-17(31(29,30)27-16-5-3-1-2-4-6-16)13-18(19)20(28)26-15-9-7-14(8-10-15)21(23,24)25/h7-13,16,27H,1-6H2,(H,26,28). The third-order valence-electron chi connectivity index (χ3n) is 5.14. The number of anilines is 1. The molecule has 3 rings (SSSR count). The summed E-state index contributed by atoms with van der Waals surface area (Å²) in [6.45, 7) is 0. The van der Waals surface area contributed by atoms with Crippen molar-refractivity contribution in [3.8, 4) is 0 Å². The Morgan fingerprint density at radius 2 is 1.55 bits per heavy atom. The summed E-state index contributed by atoms with van der Waals surface area (Å²) in [5.41, 5.74) is -1.40. The highest BCUT2D eigenvalue weighted by molar-refractivity contribution is 7.89. The predicted octanol–water partition coefficient (Wildman–Crippen LogP) is 5.10. The van der Waals surface area contributed by atoms with Gasteiger partial charge in [0.1, 0.15) is 5.82 Å². The summed E-state index contributed by atoms with van der Waals surface area (Å²) < 4.78 is 80.2. The monoisotopic (exact) mass is 458 g/mol. The lowest BCUT2D eigenvalue weighted by atomic mass is 10.1. The van der Waals surface area contributed by atoms with Gasteiger partial charge >= 0.3 is 6.18 Å². The SMILES string of the molecule is O=C(Nc1ccc(C(F)(F)F)cc1)c1cc(S(=O)(=O)NC2CCCCCC2)ccc1F. The minimum atomic E-state index is -4.53. The lowest BCUT2D eigenvalue weighted by Crippen LogP contribution is -2.34. The summed E-state index contributed by atoms with van der Waals surface area (Å²) in [7, 11) is -3.97. The first kappa shape index (κ1) is 23.2. The zero-order chi connectivity index (χ0) is 22.6. The second-order valence-electron chi connectivity index (χ2n) is 7.48. The van der Waals surface area contributed by atoms with Gasteiger partial charge in [-0.2, -0.15) is 13.2 Å². The molecule has 10 heteroatoms. The molecule has 1 amide bonds. The summed E-state index contributed by atoms with van der Waals surface area (Å²) in [5, 5.41) is 2.28. The first-order valence-corrected chi connectivity index (χ1v) is 11.3. The molecule has 2 N–H and O–H groups in total. The van der Waals surface area contributed by atoms with E-state index in [0.717, 1.165) is 68.1 Å². The molecule has 0 aromatic heterocycles. The van der Waals surface area contributed by atoms with Crippen molar-refractivity contribution in [3.63, 3.8) is 0 Å². The lowest BCUT2D eigenvalue weighted by Gasteiger charge is -2.17. The van der Waals surface area contributed by atoms with Crippen LogP contribution < -0.4 is 10.0 Å². The van der Waals surface area contributed by atoms with E-state index in [0.29, 0.717) is 12.8 Å². The van der Waals surface area contributed by atoms with Crippen LogP contribution >= 0.6 is 0 Å². The number of carbonyl (C=O) groups excluding carboxylic acids is 1. The van der Waals surface area contributed by atoms with Crippen LogP contribution in [-0.4, -0.2) is 20.4 Å². The molecule has 168 valence electrons. The van der Waals surface area contributed by atoms with Crippen LogP contribution in [0.1, 0.15) is 54.4 Å². The van der Waals surface area contributed by atoms with E-state index in [2.05, 4.69) is 10.0 Å². The molecule has 2 aromatic rings. The normalized spacial score (nSPS) is 16.0. The van der Waals surface area contributed by atoms with Crippen molar-refractivity contribution >= 4 is 21.6 Å². The molecule has 1 saturated carbocycles. The smallest absolute Gasteiger partial charge is 0.322 e. The highest BCUT2D eigenvalue weighted by Gasteiger charge is 2.30. The molecule has 1 fully saturated rings. The fourth-order valence-electron chi connectivity index (χ4n) is 3.47. The Labute approximate surface area is 177 Å². The van der Waals surface area contributed by atoms with Crippen molar-refractivity contribution in [2.75, 3.05) is 5.32 Å². The van der Waals surface area contributed by atoms with Crippen LogP contribution in [0, 0.1) is 5.82 Å². The van der Waals surface area contributed by atoms with Gasteiger partial charge in [0.2, 0.25) is 10.0 Å². The number of hydrogen-bond donors (Lipinski definition) is 2. The first-order chi connectivity index (χ1) is 14.6. The Hall–Kier alpha value is -2.46. The fraction of sp³-hybridized carbons (Fsp3) is 0.381. The van der Waals surface area contributed by atoms with Crippen LogP contribution in [0.2, 0.25) is 0 Å². The van der Waals surface area contributed by atoms with Crippen molar-refractivity contribution in [2.45, 2.75) is 55.6 Å². The summed E-state index contributed by atoms with van der Waals surface area (Å²) in [4.78, 5) is 12.2. The number of amides is 1. The van der Waals surface area contributed by atoms with Crippen molar-refractivity contribution in [1.82, 2.24) is 4.72 Å². The van der Waals surface area contributed by atoms with E-state index in [1.54, 1.807) is 0 Å². The Morgan fingerprint density at radius 1 is 0.935 bits per heavy atom. The third-order valence-corrected chi connectivity index (χ3v) is 6.66. The Bertz CT molecular complexity index is 1030. The van der Waals surface area contributed by atoms with Crippen molar-refractivity contribution < 1.29 is 30.8 Å². The maximum absolute atomic E-state index is 14.2. The van der Waals surface area contributed by atoms with Crippen LogP contribution in [0.4, 0.5) is 23.2 Å². The van der Waals surface area contributed by atoms with Crippen molar-refractivity contribution in [3.05, 3.63) is 59.4 Å². The van der Waals surface area contributed by atoms with Gasteiger partial charge in [-0.1, -0.05) is 25.7 Å². The Morgan fingerprint density at radius 3 is 2.13 bits per heavy atom. The van der Waals surface area contributed by atoms with E-state index in [1.165, 1.54) is 0 Å². The molecule has 0 heterocycles. The van der Waals surface area contributed by atoms with Gasteiger partial charge < -0.3 is 5.32 Å². The highest BCUT2D eigenvalue weighted by Crippen LogP contribution is 2.30. The average molecular weight is 458 g/mol. The quantitative estimate of drug-likeness (QED) is 0.484. The molecule has 5 nitrogen and oxygen atoms in total. The number of halogens is 4. The lowest BCUT2D eigenvalue weighted by molar-refractivity contribution is -0.137. The third kappa shape index (κ3) is 6.04. The summed E-state index contributed by atoms with van der Waals surface area (Å²) >= 11 is 0. The Balaban J connectivity index is 1.77. The van der Waals surface area contributed by atoms with Crippen LogP contribution in [0.5, 0.6) is 0 Å². The molecule has 1 aliphatic rings. The highest BCUT2D eigenvalue weighted by atomic mass is 32.2. The van der Waals surface area contributed by atoms with Gasteiger partial charge in [0, 0.05) is 11.7 Å². The van der Waals surface area contributed by atoms with Crippen LogP contribution in [0.25, 0.3) is 0 Å². The average Bonchev–Trinajstić information content (AvgIpc) is 2.96. The van der Waals surface area contributed by atoms with E-state index < -0.39 is 39.1 Å². The molecule has 0 bridgehead atoms. The number of nitrogens with one attached hydrogen (secondary N) is 2. The predicted molar refractivity (Wildman–Crippen MR) is 108 cm³/mol. The van der Waals surface area contributed by atoms with Gasteiger partial charge in [-0.3, -0.25) is 4.79 Å². The van der Waals surface area contributed by atoms with Crippen LogP contribution in [0.15, 0.2) is 47.4 Å². The molecule has 2 aromatic carbocycles. The van der Waals surface area contributed by atoms with E-state index in [9.17, 15) is 30.8 Å². The molecular formula is C21H22F4N2O3S. The molecule has 0 aliphatic heterocycles. The van der Waals surface area contributed by atoms with E-state index in [1.807, 2.05) is 0 Å². The van der Waals surface area contributed by atoms with Gasteiger partial charge in [0.25, 0.3) is 5.91 Å². The van der Waals surface area contributed by atoms with Crippen LogP contribution in [0.3, 0.4) is 0 Å². The second-order valence-corrected chi connectivity index (χ2v) is 9.19. The van der Waals surface area contributed by atoms with Gasteiger partial charge in [-0.15, -0.1) is 0 Å². The maximum atomic E-state index is 14.2. The minimum absolute atomic E-state index is 0.0160. The van der Waals surface area contributed by atoms with Gasteiger partial charge in [-0.25, -0.2) is 17.5 Å². The zero-order valence-electron chi connectivity index (χ0n) is 16.5. The minimum Gasteiger partial charge on any atom is -0.322 e. The second kappa shape index (κ2) is 9.35. The van der Waals surface area contributed by atoms with Gasteiger partial charge in [0.15, 0.2) is 0 Å². The fourth-order valence-corrected chi connectivity index (χ4v) is 4.80.